The first-order valence-electron chi connectivity index (χ1n) is 5.09. The average molecular weight is 218 g/mol. The molecule has 0 fully saturated rings. The molecule has 0 aromatic heterocycles. The Balaban J connectivity index is 2.47. The maximum absolute atomic E-state index is 10.5. The van der Waals surface area contributed by atoms with E-state index in [0.717, 1.165) is 12.0 Å². The highest BCUT2D eigenvalue weighted by Gasteiger charge is 2.01. The Labute approximate surface area is 95.1 Å². The third-order valence-electron chi connectivity index (χ3n) is 1.99. The van der Waals surface area contributed by atoms with Gasteiger partial charge in [0.15, 0.2) is 0 Å². The van der Waals surface area contributed by atoms with E-state index in [4.69, 9.17) is 16.3 Å². The molecular weight excluding hydrogens is 204 g/mol. The van der Waals surface area contributed by atoms with E-state index in [2.05, 4.69) is 5.92 Å². The molecule has 0 aliphatic rings. The molecule has 1 N–H and O–H groups in total. The molecule has 0 aliphatic heterocycles. The molecular formula is C13H14O3. The molecule has 3 nitrogen and oxygen atoms in total. The standard InChI is InChI=1S/C13H14O3/c1-2-3-4-8-16-12-7-5-6-11(9-12)10-13(14)15/h1,5-7,9H,3-4,8,10H2,(H,14,15). The van der Waals surface area contributed by atoms with Gasteiger partial charge in [-0.05, 0) is 24.1 Å². The van der Waals surface area contributed by atoms with E-state index in [0.29, 0.717) is 18.8 Å². The summed E-state index contributed by atoms with van der Waals surface area (Å²) in [6.07, 6.45) is 6.63. The van der Waals surface area contributed by atoms with E-state index in [1.165, 1.54) is 0 Å². The molecule has 0 saturated heterocycles. The van der Waals surface area contributed by atoms with Crippen LogP contribution in [0.15, 0.2) is 24.3 Å². The number of rotatable bonds is 6. The molecule has 0 aliphatic carbocycles. The van der Waals surface area contributed by atoms with Crippen LogP contribution in [0.2, 0.25) is 0 Å². The topological polar surface area (TPSA) is 46.5 Å². The first-order valence-corrected chi connectivity index (χ1v) is 5.09. The molecule has 1 rings (SSSR count). The van der Waals surface area contributed by atoms with Crippen LogP contribution in [0.3, 0.4) is 0 Å². The lowest BCUT2D eigenvalue weighted by molar-refractivity contribution is -0.136. The molecule has 0 saturated carbocycles. The zero-order valence-corrected chi connectivity index (χ0v) is 8.98. The zero-order valence-electron chi connectivity index (χ0n) is 8.98. The van der Waals surface area contributed by atoms with Gasteiger partial charge in [-0.3, -0.25) is 4.79 Å². The van der Waals surface area contributed by atoms with E-state index in [-0.39, 0.29) is 6.42 Å². The normalized spacial score (nSPS) is 9.44. The van der Waals surface area contributed by atoms with Crippen molar-refractivity contribution in [3.8, 4) is 18.1 Å². The number of unbranched alkanes of at least 4 members (excludes halogenated alkanes) is 1. The van der Waals surface area contributed by atoms with E-state index in [1.807, 2.05) is 0 Å². The molecule has 0 heterocycles. The Kier molecular flexibility index (Phi) is 4.94. The molecule has 0 bridgehead atoms. The van der Waals surface area contributed by atoms with Crippen molar-refractivity contribution in [2.45, 2.75) is 19.3 Å². The summed E-state index contributed by atoms with van der Waals surface area (Å²) in [5, 5.41) is 8.64. The van der Waals surface area contributed by atoms with E-state index < -0.39 is 5.97 Å². The van der Waals surface area contributed by atoms with Crippen LogP contribution in [0.25, 0.3) is 0 Å². The fourth-order valence-corrected chi connectivity index (χ4v) is 1.28. The second-order valence-corrected chi connectivity index (χ2v) is 3.37. The summed E-state index contributed by atoms with van der Waals surface area (Å²) in [4.78, 5) is 10.5. The highest BCUT2D eigenvalue weighted by molar-refractivity contribution is 5.70. The molecule has 0 spiro atoms. The number of carbonyl (C=O) groups is 1. The van der Waals surface area contributed by atoms with Crippen LogP contribution in [-0.4, -0.2) is 17.7 Å². The minimum absolute atomic E-state index is 0.0154. The van der Waals surface area contributed by atoms with Crippen molar-refractivity contribution in [2.24, 2.45) is 0 Å². The Bertz CT molecular complexity index is 390. The smallest absolute Gasteiger partial charge is 0.307 e. The molecule has 0 radical (unpaired) electrons. The molecule has 0 unspecified atom stereocenters. The van der Waals surface area contributed by atoms with Crippen molar-refractivity contribution in [3.63, 3.8) is 0 Å². The summed E-state index contributed by atoms with van der Waals surface area (Å²) in [6, 6.07) is 7.10. The summed E-state index contributed by atoms with van der Waals surface area (Å²) in [5.41, 5.74) is 0.738. The van der Waals surface area contributed by atoms with Gasteiger partial charge in [-0.25, -0.2) is 0 Å². The first kappa shape index (κ1) is 12.1. The minimum atomic E-state index is -0.843. The Morgan fingerprint density at radius 2 is 2.31 bits per heavy atom. The van der Waals surface area contributed by atoms with Crippen molar-refractivity contribution in [2.75, 3.05) is 6.61 Å². The number of carboxylic acid groups (broad SMARTS) is 1. The Hall–Kier alpha value is -1.95. The van der Waals surface area contributed by atoms with Crippen molar-refractivity contribution < 1.29 is 14.6 Å². The predicted octanol–water partition coefficient (Wildman–Crippen LogP) is 2.11. The van der Waals surface area contributed by atoms with Gasteiger partial charge in [0.25, 0.3) is 0 Å². The lowest BCUT2D eigenvalue weighted by atomic mass is 10.1. The fraction of sp³-hybridized carbons (Fsp3) is 0.308. The van der Waals surface area contributed by atoms with Gasteiger partial charge in [0.05, 0.1) is 13.0 Å². The minimum Gasteiger partial charge on any atom is -0.494 e. The van der Waals surface area contributed by atoms with Crippen LogP contribution in [0.5, 0.6) is 5.75 Å². The van der Waals surface area contributed by atoms with Crippen molar-refractivity contribution >= 4 is 5.97 Å². The van der Waals surface area contributed by atoms with Crippen molar-refractivity contribution in [1.29, 1.82) is 0 Å². The van der Waals surface area contributed by atoms with Gasteiger partial charge in [-0.2, -0.15) is 0 Å². The highest BCUT2D eigenvalue weighted by Crippen LogP contribution is 2.14. The molecule has 1 aromatic carbocycles. The van der Waals surface area contributed by atoms with Gasteiger partial charge in [-0.1, -0.05) is 12.1 Å². The highest BCUT2D eigenvalue weighted by atomic mass is 16.5. The summed E-state index contributed by atoms with van der Waals surface area (Å²) in [5.74, 6) is 2.38. The summed E-state index contributed by atoms with van der Waals surface area (Å²) >= 11 is 0. The lowest BCUT2D eigenvalue weighted by Gasteiger charge is -2.06. The number of carboxylic acids is 1. The maximum atomic E-state index is 10.5. The summed E-state index contributed by atoms with van der Waals surface area (Å²) in [7, 11) is 0. The first-order chi connectivity index (χ1) is 7.72. The quantitative estimate of drug-likeness (QED) is 0.587. The van der Waals surface area contributed by atoms with Crippen LogP contribution < -0.4 is 4.74 Å². The molecule has 3 heteroatoms. The molecule has 84 valence electrons. The number of benzene rings is 1. The molecule has 1 aromatic rings. The average Bonchev–Trinajstić information content (AvgIpc) is 2.24. The van der Waals surface area contributed by atoms with Crippen LogP contribution >= 0.6 is 0 Å². The van der Waals surface area contributed by atoms with Gasteiger partial charge >= 0.3 is 5.97 Å². The fourth-order valence-electron chi connectivity index (χ4n) is 1.28. The summed E-state index contributed by atoms with van der Waals surface area (Å²) in [6.45, 7) is 0.556. The zero-order chi connectivity index (χ0) is 11.8. The predicted molar refractivity (Wildman–Crippen MR) is 61.3 cm³/mol. The van der Waals surface area contributed by atoms with Gasteiger partial charge in [-0.15, -0.1) is 12.3 Å². The van der Waals surface area contributed by atoms with Gasteiger partial charge in [0.1, 0.15) is 5.75 Å². The lowest BCUT2D eigenvalue weighted by Crippen LogP contribution is -2.01. The third kappa shape index (κ3) is 4.52. The number of hydrogen-bond donors (Lipinski definition) is 1. The SMILES string of the molecule is C#CCCCOc1cccc(CC(=O)O)c1. The second-order valence-electron chi connectivity index (χ2n) is 3.37. The summed E-state index contributed by atoms with van der Waals surface area (Å²) < 4.78 is 5.44. The number of hydrogen-bond acceptors (Lipinski definition) is 2. The molecule has 16 heavy (non-hydrogen) atoms. The second kappa shape index (κ2) is 6.52. The van der Waals surface area contributed by atoms with E-state index in [9.17, 15) is 4.79 Å². The van der Waals surface area contributed by atoms with Gasteiger partial charge < -0.3 is 9.84 Å². The van der Waals surface area contributed by atoms with Crippen molar-refractivity contribution in [1.82, 2.24) is 0 Å². The van der Waals surface area contributed by atoms with Crippen molar-refractivity contribution in [3.05, 3.63) is 29.8 Å². The van der Waals surface area contributed by atoms with E-state index >= 15 is 0 Å². The Morgan fingerprint density at radius 3 is 3.00 bits per heavy atom. The van der Waals surface area contributed by atoms with Gasteiger partial charge in [0.2, 0.25) is 0 Å². The van der Waals surface area contributed by atoms with Gasteiger partial charge in [0, 0.05) is 6.42 Å². The van der Waals surface area contributed by atoms with Crippen LogP contribution in [0.4, 0.5) is 0 Å². The molecule has 0 atom stereocenters. The number of terminal acetylenes is 1. The largest absolute Gasteiger partial charge is 0.494 e. The van der Waals surface area contributed by atoms with Crippen LogP contribution in [0.1, 0.15) is 18.4 Å². The maximum Gasteiger partial charge on any atom is 0.307 e. The number of aliphatic carboxylic acids is 1. The van der Waals surface area contributed by atoms with Crippen LogP contribution in [0, 0.1) is 12.3 Å². The van der Waals surface area contributed by atoms with E-state index in [1.54, 1.807) is 24.3 Å². The monoisotopic (exact) mass is 218 g/mol. The van der Waals surface area contributed by atoms with Crippen LogP contribution in [-0.2, 0) is 11.2 Å². The number of ether oxygens (including phenoxy) is 1. The Morgan fingerprint density at radius 1 is 1.50 bits per heavy atom. The molecule has 0 amide bonds. The third-order valence-corrected chi connectivity index (χ3v) is 1.99.